The van der Waals surface area contributed by atoms with E-state index in [1.165, 1.54) is 5.69 Å². The van der Waals surface area contributed by atoms with Crippen LogP contribution in [0.1, 0.15) is 24.8 Å². The van der Waals surface area contributed by atoms with Crippen molar-refractivity contribution in [2.75, 3.05) is 37.6 Å². The Morgan fingerprint density at radius 3 is 2.50 bits per heavy atom. The van der Waals surface area contributed by atoms with Crippen molar-refractivity contribution in [3.05, 3.63) is 29.8 Å². The van der Waals surface area contributed by atoms with Crippen molar-refractivity contribution >= 4 is 5.69 Å². The smallest absolute Gasteiger partial charge is 0.0991 e. The van der Waals surface area contributed by atoms with Crippen molar-refractivity contribution in [3.63, 3.8) is 0 Å². The average molecular weight is 268 g/mol. The van der Waals surface area contributed by atoms with E-state index in [0.717, 1.165) is 45.6 Å². The molecule has 1 aromatic rings. The fourth-order valence-corrected chi connectivity index (χ4v) is 2.58. The van der Waals surface area contributed by atoms with Gasteiger partial charge in [-0.25, -0.2) is 0 Å². The molecule has 4 nitrogen and oxygen atoms in total. The molecular formula is C16H20N4. The Morgan fingerprint density at radius 2 is 1.80 bits per heavy atom. The SMILES string of the molecule is N#CCCCN1CCCN(c2ccc(C#N)cc2)CC1. The molecule has 0 spiro atoms. The van der Waals surface area contributed by atoms with E-state index in [1.807, 2.05) is 24.3 Å². The zero-order chi connectivity index (χ0) is 14.2. The lowest BCUT2D eigenvalue weighted by molar-refractivity contribution is 0.291. The van der Waals surface area contributed by atoms with Crippen LogP contribution in [0.5, 0.6) is 0 Å². The highest BCUT2D eigenvalue weighted by molar-refractivity contribution is 5.49. The number of rotatable bonds is 4. The van der Waals surface area contributed by atoms with Gasteiger partial charge in [-0.3, -0.25) is 0 Å². The molecule has 1 heterocycles. The Kier molecular flexibility index (Phi) is 5.41. The zero-order valence-corrected chi connectivity index (χ0v) is 11.8. The van der Waals surface area contributed by atoms with Gasteiger partial charge in [0.1, 0.15) is 0 Å². The summed E-state index contributed by atoms with van der Waals surface area (Å²) < 4.78 is 0. The van der Waals surface area contributed by atoms with Crippen LogP contribution in [0, 0.1) is 22.7 Å². The Bertz CT molecular complexity index is 495. The number of anilines is 1. The van der Waals surface area contributed by atoms with Gasteiger partial charge in [0, 0.05) is 31.7 Å². The van der Waals surface area contributed by atoms with Gasteiger partial charge in [0.2, 0.25) is 0 Å². The highest BCUT2D eigenvalue weighted by atomic mass is 15.2. The Hall–Kier alpha value is -2.04. The first-order chi connectivity index (χ1) is 9.83. The monoisotopic (exact) mass is 268 g/mol. The first kappa shape index (κ1) is 14.4. The summed E-state index contributed by atoms with van der Waals surface area (Å²) in [6.07, 6.45) is 2.76. The number of benzene rings is 1. The van der Waals surface area contributed by atoms with E-state index in [4.69, 9.17) is 10.5 Å². The van der Waals surface area contributed by atoms with E-state index in [0.29, 0.717) is 12.0 Å². The van der Waals surface area contributed by atoms with E-state index in [9.17, 15) is 0 Å². The molecule has 0 atom stereocenters. The van der Waals surface area contributed by atoms with Crippen molar-refractivity contribution in [1.82, 2.24) is 4.90 Å². The number of hydrogen-bond acceptors (Lipinski definition) is 4. The number of unbranched alkanes of at least 4 members (excludes halogenated alkanes) is 1. The van der Waals surface area contributed by atoms with E-state index < -0.39 is 0 Å². The molecule has 1 aromatic carbocycles. The number of nitrogens with zero attached hydrogens (tertiary/aromatic N) is 4. The van der Waals surface area contributed by atoms with Crippen molar-refractivity contribution in [2.24, 2.45) is 0 Å². The molecule has 0 radical (unpaired) electrons. The molecule has 1 saturated heterocycles. The summed E-state index contributed by atoms with van der Waals surface area (Å²) in [6, 6.07) is 12.2. The second-order valence-corrected chi connectivity index (χ2v) is 5.10. The van der Waals surface area contributed by atoms with Crippen LogP contribution in [0.4, 0.5) is 5.69 Å². The van der Waals surface area contributed by atoms with Crippen LogP contribution in [-0.4, -0.2) is 37.6 Å². The summed E-state index contributed by atoms with van der Waals surface area (Å²) >= 11 is 0. The van der Waals surface area contributed by atoms with Crippen molar-refractivity contribution in [1.29, 1.82) is 10.5 Å². The van der Waals surface area contributed by atoms with Gasteiger partial charge in [-0.2, -0.15) is 10.5 Å². The average Bonchev–Trinajstić information content (AvgIpc) is 2.73. The van der Waals surface area contributed by atoms with Crippen LogP contribution >= 0.6 is 0 Å². The molecule has 1 fully saturated rings. The maximum absolute atomic E-state index is 8.83. The summed E-state index contributed by atoms with van der Waals surface area (Å²) in [7, 11) is 0. The molecule has 4 heteroatoms. The summed E-state index contributed by atoms with van der Waals surface area (Å²) in [6.45, 7) is 5.25. The van der Waals surface area contributed by atoms with E-state index in [-0.39, 0.29) is 0 Å². The van der Waals surface area contributed by atoms with Crippen LogP contribution in [-0.2, 0) is 0 Å². The van der Waals surface area contributed by atoms with E-state index in [2.05, 4.69) is 21.9 Å². The normalized spacial score (nSPS) is 16.2. The molecule has 0 N–H and O–H groups in total. The minimum absolute atomic E-state index is 0.649. The lowest BCUT2D eigenvalue weighted by Gasteiger charge is -2.23. The second-order valence-electron chi connectivity index (χ2n) is 5.10. The first-order valence-electron chi connectivity index (χ1n) is 7.18. The molecule has 0 unspecified atom stereocenters. The summed E-state index contributed by atoms with van der Waals surface area (Å²) in [5.74, 6) is 0. The van der Waals surface area contributed by atoms with Crippen LogP contribution < -0.4 is 4.90 Å². The lowest BCUT2D eigenvalue weighted by Crippen LogP contribution is -2.31. The number of nitriles is 2. The maximum Gasteiger partial charge on any atom is 0.0991 e. The van der Waals surface area contributed by atoms with Gasteiger partial charge in [0.15, 0.2) is 0 Å². The molecule has 0 amide bonds. The maximum atomic E-state index is 8.83. The largest absolute Gasteiger partial charge is 0.370 e. The standard InChI is InChI=1S/C16H20N4/c17-8-1-2-9-19-10-3-11-20(13-12-19)16-6-4-15(14-18)5-7-16/h4-7H,1-3,9-13H2. The molecule has 0 aliphatic carbocycles. The third-order valence-corrected chi connectivity index (χ3v) is 3.71. The van der Waals surface area contributed by atoms with E-state index in [1.54, 1.807) is 0 Å². The molecule has 1 aliphatic rings. The minimum Gasteiger partial charge on any atom is -0.370 e. The molecule has 20 heavy (non-hydrogen) atoms. The Morgan fingerprint density at radius 1 is 1.00 bits per heavy atom. The third kappa shape index (κ3) is 3.98. The fraction of sp³-hybridized carbons (Fsp3) is 0.500. The molecule has 0 bridgehead atoms. The molecule has 1 aliphatic heterocycles. The van der Waals surface area contributed by atoms with Crippen molar-refractivity contribution in [2.45, 2.75) is 19.3 Å². The third-order valence-electron chi connectivity index (χ3n) is 3.71. The fourth-order valence-electron chi connectivity index (χ4n) is 2.58. The summed E-state index contributed by atoms with van der Waals surface area (Å²) in [4.78, 5) is 4.83. The highest BCUT2D eigenvalue weighted by Gasteiger charge is 2.14. The van der Waals surface area contributed by atoms with Crippen LogP contribution in [0.3, 0.4) is 0 Å². The van der Waals surface area contributed by atoms with Crippen molar-refractivity contribution in [3.8, 4) is 12.1 Å². The Labute approximate surface area is 120 Å². The molecule has 0 saturated carbocycles. The zero-order valence-electron chi connectivity index (χ0n) is 11.8. The number of hydrogen-bond donors (Lipinski definition) is 0. The van der Waals surface area contributed by atoms with Gasteiger partial charge >= 0.3 is 0 Å². The molecular weight excluding hydrogens is 248 g/mol. The van der Waals surface area contributed by atoms with Gasteiger partial charge in [0.25, 0.3) is 0 Å². The summed E-state index contributed by atoms with van der Waals surface area (Å²) in [5, 5.41) is 17.4. The van der Waals surface area contributed by atoms with Gasteiger partial charge < -0.3 is 9.80 Å². The van der Waals surface area contributed by atoms with Crippen LogP contribution in [0.15, 0.2) is 24.3 Å². The Balaban J connectivity index is 1.88. The van der Waals surface area contributed by atoms with Crippen molar-refractivity contribution < 1.29 is 0 Å². The van der Waals surface area contributed by atoms with Gasteiger partial charge in [-0.1, -0.05) is 0 Å². The quantitative estimate of drug-likeness (QED) is 0.787. The second kappa shape index (κ2) is 7.53. The van der Waals surface area contributed by atoms with Gasteiger partial charge in [-0.15, -0.1) is 0 Å². The highest BCUT2D eigenvalue weighted by Crippen LogP contribution is 2.17. The summed E-state index contributed by atoms with van der Waals surface area (Å²) in [5.41, 5.74) is 1.91. The van der Waals surface area contributed by atoms with Gasteiger partial charge in [0.05, 0.1) is 17.7 Å². The minimum atomic E-state index is 0.649. The van der Waals surface area contributed by atoms with Crippen LogP contribution in [0.25, 0.3) is 0 Å². The van der Waals surface area contributed by atoms with E-state index >= 15 is 0 Å². The molecule has 0 aromatic heterocycles. The molecule has 104 valence electrons. The first-order valence-corrected chi connectivity index (χ1v) is 7.18. The van der Waals surface area contributed by atoms with Gasteiger partial charge in [-0.05, 0) is 50.2 Å². The predicted molar refractivity (Wildman–Crippen MR) is 79.3 cm³/mol. The lowest BCUT2D eigenvalue weighted by atomic mass is 10.2. The van der Waals surface area contributed by atoms with Crippen LogP contribution in [0.2, 0.25) is 0 Å². The molecule has 2 rings (SSSR count). The predicted octanol–water partition coefficient (Wildman–Crippen LogP) is 2.37. The topological polar surface area (TPSA) is 54.1 Å².